The van der Waals surface area contributed by atoms with Gasteiger partial charge < -0.3 is 16.4 Å². The van der Waals surface area contributed by atoms with E-state index in [4.69, 9.17) is 5.73 Å². The Morgan fingerprint density at radius 2 is 2.00 bits per heavy atom. The van der Waals surface area contributed by atoms with Crippen LogP contribution < -0.4 is 16.4 Å². The van der Waals surface area contributed by atoms with E-state index in [-0.39, 0.29) is 6.03 Å². The summed E-state index contributed by atoms with van der Waals surface area (Å²) in [6.07, 6.45) is 3.60. The summed E-state index contributed by atoms with van der Waals surface area (Å²) >= 11 is 0. The second-order valence-electron chi connectivity index (χ2n) is 2.91. The van der Waals surface area contributed by atoms with Crippen molar-refractivity contribution < 1.29 is 4.79 Å². The predicted octanol–water partition coefficient (Wildman–Crippen LogP) is 1.32. The Hall–Kier alpha value is -1.81. The van der Waals surface area contributed by atoms with E-state index >= 15 is 0 Å². The molecule has 0 spiro atoms. The first-order valence-corrected chi connectivity index (χ1v) is 4.78. The highest BCUT2D eigenvalue weighted by atomic mass is 16.2. The number of hydrogen-bond donors (Lipinski definition) is 3. The van der Waals surface area contributed by atoms with Crippen molar-refractivity contribution >= 4 is 11.7 Å². The van der Waals surface area contributed by atoms with Crippen LogP contribution in [0.5, 0.6) is 0 Å². The lowest BCUT2D eigenvalue weighted by Crippen LogP contribution is -2.28. The molecule has 0 unspecified atom stereocenters. The number of hydrogen-bond acceptors (Lipinski definition) is 2. The van der Waals surface area contributed by atoms with Crippen LogP contribution in [-0.4, -0.2) is 19.1 Å². The Bertz CT molecular complexity index is 322. The summed E-state index contributed by atoms with van der Waals surface area (Å²) in [6.45, 7) is 0.970. The maximum absolute atomic E-state index is 11.3. The Balaban J connectivity index is 2.28. The Kier molecular flexibility index (Phi) is 4.97. The SMILES string of the molecule is NC/C=C/CNC(=O)Nc1ccccc1. The molecule has 0 aromatic heterocycles. The minimum absolute atomic E-state index is 0.220. The lowest BCUT2D eigenvalue weighted by Gasteiger charge is -2.04. The van der Waals surface area contributed by atoms with Crippen LogP contribution in [0, 0.1) is 0 Å². The van der Waals surface area contributed by atoms with Gasteiger partial charge in [0, 0.05) is 18.8 Å². The van der Waals surface area contributed by atoms with Crippen molar-refractivity contribution in [3.8, 4) is 0 Å². The third-order valence-corrected chi connectivity index (χ3v) is 1.71. The van der Waals surface area contributed by atoms with Crippen LogP contribution in [0.25, 0.3) is 0 Å². The molecule has 0 saturated carbocycles. The highest BCUT2D eigenvalue weighted by Gasteiger charge is 1.97. The van der Waals surface area contributed by atoms with Gasteiger partial charge in [-0.05, 0) is 12.1 Å². The highest BCUT2D eigenvalue weighted by molar-refractivity contribution is 5.89. The number of rotatable bonds is 4. The molecule has 1 rings (SSSR count). The zero-order valence-corrected chi connectivity index (χ0v) is 8.44. The van der Waals surface area contributed by atoms with Crippen LogP contribution in [0.3, 0.4) is 0 Å². The van der Waals surface area contributed by atoms with Crippen LogP contribution in [0.15, 0.2) is 42.5 Å². The molecule has 0 fully saturated rings. The van der Waals surface area contributed by atoms with Gasteiger partial charge in [0.1, 0.15) is 0 Å². The maximum Gasteiger partial charge on any atom is 0.319 e. The van der Waals surface area contributed by atoms with E-state index in [2.05, 4.69) is 10.6 Å². The second kappa shape index (κ2) is 6.62. The van der Waals surface area contributed by atoms with E-state index in [1.165, 1.54) is 0 Å². The zero-order valence-electron chi connectivity index (χ0n) is 8.44. The molecule has 0 saturated heterocycles. The molecular weight excluding hydrogens is 190 g/mol. The van der Waals surface area contributed by atoms with Crippen LogP contribution in [0.1, 0.15) is 0 Å². The van der Waals surface area contributed by atoms with Crippen LogP contribution in [0.2, 0.25) is 0 Å². The second-order valence-corrected chi connectivity index (χ2v) is 2.91. The molecule has 15 heavy (non-hydrogen) atoms. The smallest absolute Gasteiger partial charge is 0.319 e. The minimum atomic E-state index is -0.220. The Morgan fingerprint density at radius 3 is 2.67 bits per heavy atom. The molecule has 80 valence electrons. The van der Waals surface area contributed by atoms with E-state index in [0.717, 1.165) is 5.69 Å². The third kappa shape index (κ3) is 4.83. The fourth-order valence-electron chi connectivity index (χ4n) is 1.03. The molecule has 4 nitrogen and oxygen atoms in total. The summed E-state index contributed by atoms with van der Waals surface area (Å²) in [4.78, 5) is 11.3. The molecule has 0 radical (unpaired) electrons. The summed E-state index contributed by atoms with van der Waals surface area (Å²) in [6, 6.07) is 9.06. The fourth-order valence-corrected chi connectivity index (χ4v) is 1.03. The van der Waals surface area contributed by atoms with Gasteiger partial charge in [0.05, 0.1) is 0 Å². The first-order valence-electron chi connectivity index (χ1n) is 4.78. The summed E-state index contributed by atoms with van der Waals surface area (Å²) in [5.74, 6) is 0. The van der Waals surface area contributed by atoms with Crippen LogP contribution >= 0.6 is 0 Å². The molecule has 0 aliphatic carbocycles. The van der Waals surface area contributed by atoms with Crippen molar-refractivity contribution in [3.63, 3.8) is 0 Å². The number of para-hydroxylation sites is 1. The van der Waals surface area contributed by atoms with E-state index in [1.54, 1.807) is 6.08 Å². The van der Waals surface area contributed by atoms with Crippen molar-refractivity contribution in [2.45, 2.75) is 0 Å². The number of nitrogens with one attached hydrogen (secondary N) is 2. The van der Waals surface area contributed by atoms with Gasteiger partial charge in [-0.1, -0.05) is 30.4 Å². The molecular formula is C11H15N3O. The van der Waals surface area contributed by atoms with Gasteiger partial charge in [-0.3, -0.25) is 0 Å². The molecule has 0 bridgehead atoms. The van der Waals surface area contributed by atoms with Crippen molar-refractivity contribution in [1.29, 1.82) is 0 Å². The lowest BCUT2D eigenvalue weighted by molar-refractivity contribution is 0.253. The van der Waals surface area contributed by atoms with E-state index in [9.17, 15) is 4.79 Å². The van der Waals surface area contributed by atoms with E-state index in [0.29, 0.717) is 13.1 Å². The van der Waals surface area contributed by atoms with Crippen molar-refractivity contribution in [1.82, 2.24) is 5.32 Å². The van der Waals surface area contributed by atoms with Gasteiger partial charge in [0.25, 0.3) is 0 Å². The summed E-state index contributed by atoms with van der Waals surface area (Å²) in [7, 11) is 0. The number of nitrogens with two attached hydrogens (primary N) is 1. The Labute approximate surface area is 89.2 Å². The topological polar surface area (TPSA) is 67.1 Å². The quantitative estimate of drug-likeness (QED) is 0.649. The molecule has 0 aliphatic heterocycles. The van der Waals surface area contributed by atoms with Gasteiger partial charge >= 0.3 is 6.03 Å². The molecule has 4 N–H and O–H groups in total. The van der Waals surface area contributed by atoms with Crippen LogP contribution in [-0.2, 0) is 0 Å². The fraction of sp³-hybridized carbons (Fsp3) is 0.182. The van der Waals surface area contributed by atoms with Gasteiger partial charge in [-0.15, -0.1) is 0 Å². The summed E-state index contributed by atoms with van der Waals surface area (Å²) < 4.78 is 0. The monoisotopic (exact) mass is 205 g/mol. The zero-order chi connectivity index (χ0) is 10.9. The van der Waals surface area contributed by atoms with Crippen molar-refractivity contribution in [2.24, 2.45) is 5.73 Å². The standard InChI is InChI=1S/C11H15N3O/c12-8-4-5-9-13-11(15)14-10-6-2-1-3-7-10/h1-7H,8-9,12H2,(H2,13,14,15)/b5-4+. The number of anilines is 1. The number of carbonyl (C=O) groups excluding carboxylic acids is 1. The van der Waals surface area contributed by atoms with Gasteiger partial charge in [-0.25, -0.2) is 4.79 Å². The van der Waals surface area contributed by atoms with Crippen molar-refractivity contribution in [3.05, 3.63) is 42.5 Å². The van der Waals surface area contributed by atoms with Gasteiger partial charge in [0.15, 0.2) is 0 Å². The van der Waals surface area contributed by atoms with E-state index in [1.807, 2.05) is 36.4 Å². The number of benzene rings is 1. The van der Waals surface area contributed by atoms with E-state index < -0.39 is 0 Å². The summed E-state index contributed by atoms with van der Waals surface area (Å²) in [5, 5.41) is 5.38. The predicted molar refractivity (Wildman–Crippen MR) is 61.7 cm³/mol. The number of carbonyl (C=O) groups is 1. The average molecular weight is 205 g/mol. The summed E-state index contributed by atoms with van der Waals surface area (Å²) in [5.41, 5.74) is 6.03. The van der Waals surface area contributed by atoms with Gasteiger partial charge in [-0.2, -0.15) is 0 Å². The first-order chi connectivity index (χ1) is 7.33. The van der Waals surface area contributed by atoms with Gasteiger partial charge in [0.2, 0.25) is 0 Å². The van der Waals surface area contributed by atoms with Crippen LogP contribution in [0.4, 0.5) is 10.5 Å². The molecule has 1 aromatic rings. The normalized spacial score (nSPS) is 10.2. The highest BCUT2D eigenvalue weighted by Crippen LogP contribution is 2.03. The molecule has 0 atom stereocenters. The first kappa shape index (κ1) is 11.3. The maximum atomic E-state index is 11.3. The number of amides is 2. The largest absolute Gasteiger partial charge is 0.334 e. The molecule has 1 aromatic carbocycles. The molecule has 2 amide bonds. The minimum Gasteiger partial charge on any atom is -0.334 e. The third-order valence-electron chi connectivity index (χ3n) is 1.71. The Morgan fingerprint density at radius 1 is 1.27 bits per heavy atom. The van der Waals surface area contributed by atoms with Crippen molar-refractivity contribution in [2.75, 3.05) is 18.4 Å². The number of urea groups is 1. The molecule has 4 heteroatoms. The molecule has 0 heterocycles. The average Bonchev–Trinajstić information content (AvgIpc) is 2.26. The lowest BCUT2D eigenvalue weighted by atomic mass is 10.3. The molecule has 0 aliphatic rings.